The van der Waals surface area contributed by atoms with E-state index in [1.54, 1.807) is 12.1 Å². The Bertz CT molecular complexity index is 889. The van der Waals surface area contributed by atoms with Crippen LogP contribution in [0.1, 0.15) is 15.9 Å². The molecule has 3 rings (SSSR count). The van der Waals surface area contributed by atoms with E-state index in [1.807, 2.05) is 0 Å². The summed E-state index contributed by atoms with van der Waals surface area (Å²) in [5, 5.41) is 7.21. The quantitative estimate of drug-likeness (QED) is 0.682. The van der Waals surface area contributed by atoms with Crippen LogP contribution < -0.4 is 0 Å². The van der Waals surface area contributed by atoms with Crippen molar-refractivity contribution < 1.29 is 13.6 Å². The monoisotopic (exact) mass is 352 g/mol. The molecule has 0 unspecified atom stereocenters. The van der Waals surface area contributed by atoms with Gasteiger partial charge in [0.25, 0.3) is 0 Å². The molecule has 0 bridgehead atoms. The van der Waals surface area contributed by atoms with Crippen molar-refractivity contribution in [3.05, 3.63) is 75.4 Å². The molecule has 1 N–H and O–H groups in total. The predicted octanol–water partition coefficient (Wildman–Crippen LogP) is 4.89. The highest BCUT2D eigenvalue weighted by molar-refractivity contribution is 6.35. The van der Waals surface area contributed by atoms with Crippen molar-refractivity contribution in [2.24, 2.45) is 0 Å². The number of carbonyl (C=O) groups is 1. The van der Waals surface area contributed by atoms with Crippen LogP contribution in [0.5, 0.6) is 0 Å². The number of aromatic amines is 1. The van der Waals surface area contributed by atoms with Crippen molar-refractivity contribution in [3.63, 3.8) is 0 Å². The van der Waals surface area contributed by atoms with Gasteiger partial charge in [-0.05, 0) is 36.4 Å². The van der Waals surface area contributed by atoms with Gasteiger partial charge in [-0.1, -0.05) is 23.2 Å². The summed E-state index contributed by atoms with van der Waals surface area (Å²) in [6.45, 7) is 0. The van der Waals surface area contributed by atoms with E-state index in [-0.39, 0.29) is 11.1 Å². The van der Waals surface area contributed by atoms with Gasteiger partial charge in [-0.2, -0.15) is 5.10 Å². The number of H-pyrrole nitrogens is 1. The molecule has 0 aliphatic carbocycles. The maximum Gasteiger partial charge on any atom is 0.199 e. The molecule has 0 radical (unpaired) electrons. The number of aromatic nitrogens is 2. The van der Waals surface area contributed by atoms with Gasteiger partial charge in [0.2, 0.25) is 0 Å². The lowest BCUT2D eigenvalue weighted by atomic mass is 10.00. The largest absolute Gasteiger partial charge is 0.288 e. The first-order chi connectivity index (χ1) is 11.0. The lowest BCUT2D eigenvalue weighted by Gasteiger charge is -2.06. The number of hydrogen-bond acceptors (Lipinski definition) is 2. The fraction of sp³-hybridized carbons (Fsp3) is 0. The smallest absolute Gasteiger partial charge is 0.199 e. The van der Waals surface area contributed by atoms with Crippen LogP contribution in [0.4, 0.5) is 8.78 Å². The molecule has 2 aromatic carbocycles. The second kappa shape index (κ2) is 6.10. The first-order valence-corrected chi connectivity index (χ1v) is 7.21. The van der Waals surface area contributed by atoms with Crippen molar-refractivity contribution in [2.45, 2.75) is 0 Å². The van der Waals surface area contributed by atoms with Crippen LogP contribution in [-0.4, -0.2) is 16.0 Å². The molecule has 116 valence electrons. The summed E-state index contributed by atoms with van der Waals surface area (Å²) in [7, 11) is 0. The molecule has 3 nitrogen and oxygen atoms in total. The first kappa shape index (κ1) is 15.6. The number of carbonyl (C=O) groups excluding carboxylic acids is 1. The summed E-state index contributed by atoms with van der Waals surface area (Å²) in [6.07, 6.45) is 1.25. The fourth-order valence-electron chi connectivity index (χ4n) is 2.19. The molecule has 0 fully saturated rings. The van der Waals surface area contributed by atoms with Gasteiger partial charge in [0.05, 0.1) is 23.0 Å². The number of benzene rings is 2. The number of hydrogen-bond donors (Lipinski definition) is 1. The molecular weight excluding hydrogens is 345 g/mol. The second-order valence-corrected chi connectivity index (χ2v) is 5.64. The van der Waals surface area contributed by atoms with E-state index in [2.05, 4.69) is 10.2 Å². The molecule has 0 saturated carbocycles. The Morgan fingerprint density at radius 3 is 2.39 bits per heavy atom. The zero-order valence-corrected chi connectivity index (χ0v) is 12.9. The minimum Gasteiger partial charge on any atom is -0.288 e. The van der Waals surface area contributed by atoms with Crippen LogP contribution >= 0.6 is 23.2 Å². The molecule has 3 aromatic rings. The van der Waals surface area contributed by atoms with Crippen LogP contribution in [0.3, 0.4) is 0 Å². The average Bonchev–Trinajstić information content (AvgIpc) is 2.97. The number of nitrogens with zero attached hydrogens (tertiary/aromatic N) is 1. The molecule has 1 aromatic heterocycles. The lowest BCUT2D eigenvalue weighted by molar-refractivity contribution is 0.103. The van der Waals surface area contributed by atoms with Gasteiger partial charge < -0.3 is 0 Å². The fourth-order valence-corrected chi connectivity index (χ4v) is 2.72. The van der Waals surface area contributed by atoms with Crippen molar-refractivity contribution >= 4 is 29.0 Å². The van der Waals surface area contributed by atoms with Gasteiger partial charge in [-0.15, -0.1) is 0 Å². The number of halogens is 4. The van der Waals surface area contributed by atoms with Gasteiger partial charge in [-0.3, -0.25) is 9.89 Å². The third-order valence-electron chi connectivity index (χ3n) is 3.21. The third kappa shape index (κ3) is 3.11. The van der Waals surface area contributed by atoms with E-state index in [0.717, 1.165) is 18.2 Å². The maximum absolute atomic E-state index is 13.8. The Labute approximate surface area is 139 Å². The highest BCUT2D eigenvalue weighted by atomic mass is 35.5. The van der Waals surface area contributed by atoms with Gasteiger partial charge in [-0.25, -0.2) is 8.78 Å². The van der Waals surface area contributed by atoms with Crippen molar-refractivity contribution in [1.82, 2.24) is 10.2 Å². The summed E-state index contributed by atoms with van der Waals surface area (Å²) in [5.74, 6) is -2.21. The summed E-state index contributed by atoms with van der Waals surface area (Å²) >= 11 is 11.9. The molecule has 0 aliphatic rings. The number of ketones is 1. The molecule has 23 heavy (non-hydrogen) atoms. The Morgan fingerprint density at radius 2 is 1.70 bits per heavy atom. The summed E-state index contributed by atoms with van der Waals surface area (Å²) in [5.41, 5.74) is 0.553. The van der Waals surface area contributed by atoms with Crippen LogP contribution in [0.25, 0.3) is 11.3 Å². The third-order valence-corrected chi connectivity index (χ3v) is 3.64. The Kier molecular flexibility index (Phi) is 4.15. The van der Waals surface area contributed by atoms with E-state index >= 15 is 0 Å². The van der Waals surface area contributed by atoms with E-state index in [9.17, 15) is 13.6 Å². The minimum atomic E-state index is -0.812. The lowest BCUT2D eigenvalue weighted by Crippen LogP contribution is -2.05. The van der Waals surface area contributed by atoms with E-state index in [0.29, 0.717) is 21.3 Å². The van der Waals surface area contributed by atoms with Gasteiger partial charge in [0.1, 0.15) is 11.6 Å². The predicted molar refractivity (Wildman–Crippen MR) is 83.8 cm³/mol. The molecule has 0 saturated heterocycles. The standard InChI is InChI=1S/C16H8Cl2F2N2O/c17-9-3-8(4-10(18)5-9)15-13(7-21-22-15)16(23)12-6-11(19)1-2-14(12)20/h1-7H,(H,21,22). The Morgan fingerprint density at radius 1 is 1.00 bits per heavy atom. The summed E-state index contributed by atoms with van der Waals surface area (Å²) in [4.78, 5) is 12.5. The number of nitrogens with one attached hydrogen (secondary N) is 1. The zero-order chi connectivity index (χ0) is 16.6. The van der Waals surface area contributed by atoms with Crippen LogP contribution in [0.15, 0.2) is 42.6 Å². The average molecular weight is 353 g/mol. The molecule has 0 amide bonds. The normalized spacial score (nSPS) is 10.8. The molecule has 0 atom stereocenters. The Hall–Kier alpha value is -2.24. The van der Waals surface area contributed by atoms with Crippen LogP contribution in [0.2, 0.25) is 10.0 Å². The number of rotatable bonds is 3. The van der Waals surface area contributed by atoms with Gasteiger partial charge in [0.15, 0.2) is 5.78 Å². The van der Waals surface area contributed by atoms with Crippen molar-refractivity contribution in [3.8, 4) is 11.3 Å². The molecule has 0 spiro atoms. The second-order valence-electron chi connectivity index (χ2n) is 4.77. The van der Waals surface area contributed by atoms with E-state index in [1.165, 1.54) is 12.3 Å². The van der Waals surface area contributed by atoms with Gasteiger partial charge >= 0.3 is 0 Å². The highest BCUT2D eigenvalue weighted by Gasteiger charge is 2.21. The SMILES string of the molecule is O=C(c1cc(F)ccc1F)c1cn[nH]c1-c1cc(Cl)cc(Cl)c1. The van der Waals surface area contributed by atoms with Crippen molar-refractivity contribution in [2.75, 3.05) is 0 Å². The Balaban J connectivity index is 2.10. The molecule has 7 heteroatoms. The first-order valence-electron chi connectivity index (χ1n) is 6.45. The zero-order valence-electron chi connectivity index (χ0n) is 11.4. The maximum atomic E-state index is 13.8. The van der Waals surface area contributed by atoms with E-state index in [4.69, 9.17) is 23.2 Å². The van der Waals surface area contributed by atoms with Crippen LogP contribution in [0, 0.1) is 11.6 Å². The van der Waals surface area contributed by atoms with Crippen molar-refractivity contribution in [1.29, 1.82) is 0 Å². The minimum absolute atomic E-state index is 0.0906. The van der Waals surface area contributed by atoms with Crippen LogP contribution in [-0.2, 0) is 0 Å². The summed E-state index contributed by atoms with van der Waals surface area (Å²) in [6, 6.07) is 7.40. The molecule has 0 aliphatic heterocycles. The molecular formula is C16H8Cl2F2N2O. The topological polar surface area (TPSA) is 45.8 Å². The molecule has 1 heterocycles. The highest BCUT2D eigenvalue weighted by Crippen LogP contribution is 2.29. The summed E-state index contributed by atoms with van der Waals surface area (Å²) < 4.78 is 27.1. The van der Waals surface area contributed by atoms with E-state index < -0.39 is 17.4 Å². The van der Waals surface area contributed by atoms with Gasteiger partial charge in [0, 0.05) is 15.6 Å².